The van der Waals surface area contributed by atoms with Gasteiger partial charge in [0.25, 0.3) is 5.89 Å². The van der Waals surface area contributed by atoms with Crippen molar-refractivity contribution in [2.45, 2.75) is 25.7 Å². The van der Waals surface area contributed by atoms with Gasteiger partial charge in [0.15, 0.2) is 5.78 Å². The van der Waals surface area contributed by atoms with Gasteiger partial charge in [0.05, 0.1) is 5.56 Å². The van der Waals surface area contributed by atoms with Crippen LogP contribution in [0.5, 0.6) is 0 Å². The largest absolute Gasteiger partial charge is 0.437 e. The fourth-order valence-corrected chi connectivity index (χ4v) is 3.70. The zero-order chi connectivity index (χ0) is 19.0. The summed E-state index contributed by atoms with van der Waals surface area (Å²) >= 11 is 0. The van der Waals surface area contributed by atoms with Crippen LogP contribution >= 0.6 is 0 Å². The summed E-state index contributed by atoms with van der Waals surface area (Å²) in [4.78, 5) is 31.0. The van der Waals surface area contributed by atoms with Crippen molar-refractivity contribution in [2.24, 2.45) is 13.0 Å². The molecule has 1 N–H and O–H groups in total. The van der Waals surface area contributed by atoms with Crippen molar-refractivity contribution >= 4 is 22.4 Å². The predicted molar refractivity (Wildman–Crippen MR) is 102 cm³/mol. The molecule has 7 heteroatoms. The number of allylic oxidation sites excluding steroid dienone is 3. The number of nitrogens with zero attached hydrogens (tertiary/aromatic N) is 3. The van der Waals surface area contributed by atoms with Crippen molar-refractivity contribution in [2.75, 3.05) is 0 Å². The maximum Gasteiger partial charge on any atom is 0.437 e. The molecule has 1 atom stereocenters. The minimum absolute atomic E-state index is 0.0821. The number of H-pyrrole nitrogens is 1. The van der Waals surface area contributed by atoms with Crippen LogP contribution in [-0.2, 0) is 11.8 Å². The predicted octanol–water partition coefficient (Wildman–Crippen LogP) is 3.25. The van der Waals surface area contributed by atoms with Gasteiger partial charge in [-0.1, -0.05) is 12.7 Å². The van der Waals surface area contributed by atoms with Crippen LogP contribution in [0.1, 0.15) is 31.2 Å². The monoisotopic (exact) mass is 364 g/mol. The van der Waals surface area contributed by atoms with E-state index in [0.29, 0.717) is 23.5 Å². The molecular weight excluding hydrogens is 344 g/mol. The van der Waals surface area contributed by atoms with Crippen molar-refractivity contribution in [3.8, 4) is 11.5 Å². The first kappa shape index (κ1) is 17.2. The summed E-state index contributed by atoms with van der Waals surface area (Å²) in [6, 6.07) is 1.96. The van der Waals surface area contributed by atoms with Crippen molar-refractivity contribution in [1.29, 1.82) is 0 Å². The van der Waals surface area contributed by atoms with E-state index in [2.05, 4.69) is 27.7 Å². The van der Waals surface area contributed by atoms with Crippen LogP contribution in [0.15, 0.2) is 46.4 Å². The third-order valence-corrected chi connectivity index (χ3v) is 5.03. The molecule has 0 aromatic carbocycles. The van der Waals surface area contributed by atoms with Gasteiger partial charge in [0.1, 0.15) is 5.65 Å². The molecule has 0 amide bonds. The number of aryl methyl sites for hydroxylation is 1. The van der Waals surface area contributed by atoms with E-state index >= 15 is 0 Å². The highest BCUT2D eigenvalue weighted by molar-refractivity contribution is 6.00. The summed E-state index contributed by atoms with van der Waals surface area (Å²) in [6.45, 7) is 3.57. The summed E-state index contributed by atoms with van der Waals surface area (Å²) in [7, 11) is 1.55. The second kappa shape index (κ2) is 6.83. The highest BCUT2D eigenvalue weighted by Crippen LogP contribution is 2.38. The fourth-order valence-electron chi connectivity index (χ4n) is 3.70. The summed E-state index contributed by atoms with van der Waals surface area (Å²) < 4.78 is 6.44. The number of carbonyl (C=O) groups excluding carboxylic acids is 1. The topological polar surface area (TPSA) is 93.8 Å². The number of aromatic nitrogens is 4. The average molecular weight is 364 g/mol. The highest BCUT2D eigenvalue weighted by atomic mass is 16.4. The first-order valence-electron chi connectivity index (χ1n) is 8.92. The Morgan fingerprint density at radius 3 is 3.07 bits per heavy atom. The van der Waals surface area contributed by atoms with Gasteiger partial charge in [0.2, 0.25) is 0 Å². The Morgan fingerprint density at radius 2 is 2.33 bits per heavy atom. The van der Waals surface area contributed by atoms with E-state index in [9.17, 15) is 9.59 Å². The zero-order valence-electron chi connectivity index (χ0n) is 15.1. The molecule has 3 aromatic heterocycles. The van der Waals surface area contributed by atoms with Crippen LogP contribution in [0.2, 0.25) is 0 Å². The summed E-state index contributed by atoms with van der Waals surface area (Å²) in [5, 5.41) is 5.05. The maximum absolute atomic E-state index is 11.8. The Balaban J connectivity index is 1.77. The molecule has 7 nitrogen and oxygen atoms in total. The van der Waals surface area contributed by atoms with Crippen LogP contribution < -0.4 is 5.76 Å². The second-order valence-corrected chi connectivity index (χ2v) is 6.83. The molecule has 27 heavy (non-hydrogen) atoms. The van der Waals surface area contributed by atoms with Crippen LogP contribution in [0, 0.1) is 5.92 Å². The second-order valence-electron chi connectivity index (χ2n) is 6.83. The number of carbonyl (C=O) groups is 1. The Kier molecular flexibility index (Phi) is 4.35. The maximum atomic E-state index is 11.8. The Labute approximate surface area is 155 Å². The third-order valence-electron chi connectivity index (χ3n) is 5.03. The molecule has 3 aromatic rings. The van der Waals surface area contributed by atoms with Crippen LogP contribution in [0.4, 0.5) is 0 Å². The lowest BCUT2D eigenvalue weighted by Crippen LogP contribution is -2.11. The van der Waals surface area contributed by atoms with Gasteiger partial charge in [-0.25, -0.2) is 9.78 Å². The third kappa shape index (κ3) is 3.16. The number of nitrogens with one attached hydrogen (secondary N) is 1. The van der Waals surface area contributed by atoms with Gasteiger partial charge in [-0.05, 0) is 48.5 Å². The van der Waals surface area contributed by atoms with Gasteiger partial charge in [0, 0.05) is 31.2 Å². The van der Waals surface area contributed by atoms with E-state index in [4.69, 9.17) is 4.42 Å². The van der Waals surface area contributed by atoms with Crippen LogP contribution in [0.25, 0.3) is 28.1 Å². The quantitative estimate of drug-likeness (QED) is 0.702. The molecule has 1 unspecified atom stereocenters. The molecule has 0 spiro atoms. The van der Waals surface area contributed by atoms with E-state index in [1.807, 2.05) is 6.07 Å². The number of aromatic amines is 1. The molecule has 0 radical (unpaired) electrons. The first-order valence-corrected chi connectivity index (χ1v) is 8.92. The molecule has 0 bridgehead atoms. The molecule has 1 aliphatic carbocycles. The minimum Gasteiger partial charge on any atom is -0.388 e. The molecule has 138 valence electrons. The molecular formula is C20H20N4O3. The lowest BCUT2D eigenvalue weighted by atomic mass is 9.82. The number of hydrogen-bond acceptors (Lipinski definition) is 5. The molecule has 0 aliphatic heterocycles. The van der Waals surface area contributed by atoms with Gasteiger partial charge in [-0.2, -0.15) is 4.68 Å². The molecule has 0 fully saturated rings. The molecule has 4 rings (SSSR count). The lowest BCUT2D eigenvalue weighted by molar-refractivity contribution is -0.115. The van der Waals surface area contributed by atoms with E-state index in [1.54, 1.807) is 19.4 Å². The summed E-state index contributed by atoms with van der Waals surface area (Å²) in [6.07, 6.45) is 10.4. The summed E-state index contributed by atoms with van der Waals surface area (Å²) in [5.41, 5.74) is 3.62. The van der Waals surface area contributed by atoms with E-state index < -0.39 is 5.76 Å². The SMILES string of the molecule is C=CC(=O)CC1CCC=C(c2ccnc3[nH]cc(-c4nn(C)c(=O)o4)c23)C1. The van der Waals surface area contributed by atoms with Crippen molar-refractivity contribution < 1.29 is 9.21 Å². The van der Waals surface area contributed by atoms with E-state index in [1.165, 1.54) is 16.3 Å². The number of ketones is 1. The number of hydrogen-bond donors (Lipinski definition) is 1. The summed E-state index contributed by atoms with van der Waals surface area (Å²) in [5.74, 6) is 0.134. The fraction of sp³-hybridized carbons (Fsp3) is 0.300. The normalized spacial score (nSPS) is 17.1. The Morgan fingerprint density at radius 1 is 1.48 bits per heavy atom. The zero-order valence-corrected chi connectivity index (χ0v) is 15.1. The first-order chi connectivity index (χ1) is 13.1. The van der Waals surface area contributed by atoms with Gasteiger partial charge in [-0.15, -0.1) is 5.10 Å². The van der Waals surface area contributed by atoms with E-state index in [0.717, 1.165) is 30.2 Å². The van der Waals surface area contributed by atoms with Gasteiger partial charge < -0.3 is 9.40 Å². The standard InChI is InChI=1S/C20H20N4O3/c1-3-14(25)10-12-5-4-6-13(9-12)15-7-8-21-18-17(15)16(11-22-18)19-23-24(2)20(26)27-19/h3,6-8,11-12H,1,4-5,9-10H2,2H3,(H,21,22). The van der Waals surface area contributed by atoms with Crippen LogP contribution in [0.3, 0.4) is 0 Å². The van der Waals surface area contributed by atoms with Gasteiger partial charge >= 0.3 is 5.76 Å². The van der Waals surface area contributed by atoms with Gasteiger partial charge in [-0.3, -0.25) is 4.79 Å². The molecule has 0 saturated carbocycles. The average Bonchev–Trinajstić information content (AvgIpc) is 3.25. The molecule has 1 aliphatic rings. The molecule has 0 saturated heterocycles. The smallest absolute Gasteiger partial charge is 0.388 e. The minimum atomic E-state index is -0.510. The van der Waals surface area contributed by atoms with Crippen molar-refractivity contribution in [3.05, 3.63) is 53.3 Å². The van der Waals surface area contributed by atoms with Crippen molar-refractivity contribution in [1.82, 2.24) is 19.7 Å². The number of pyridine rings is 1. The van der Waals surface area contributed by atoms with E-state index in [-0.39, 0.29) is 11.7 Å². The Bertz CT molecular complexity index is 1120. The van der Waals surface area contributed by atoms with Crippen molar-refractivity contribution in [3.63, 3.8) is 0 Å². The highest BCUT2D eigenvalue weighted by Gasteiger charge is 2.23. The molecule has 3 heterocycles. The number of fused-ring (bicyclic) bond motifs is 1. The Hall–Kier alpha value is -3.22. The lowest BCUT2D eigenvalue weighted by Gasteiger charge is -2.22. The van der Waals surface area contributed by atoms with Crippen LogP contribution in [-0.4, -0.2) is 25.5 Å². The number of rotatable bonds is 5.